The molecule has 16 heavy (non-hydrogen) atoms. The van der Waals surface area contributed by atoms with Gasteiger partial charge in [-0.15, -0.1) is 0 Å². The molecule has 0 aliphatic rings. The van der Waals surface area contributed by atoms with E-state index in [1.165, 1.54) is 5.56 Å². The third-order valence-corrected chi connectivity index (χ3v) is 3.15. The number of rotatable bonds is 2. The molecule has 0 saturated carbocycles. The second-order valence-electron chi connectivity index (χ2n) is 3.78. The van der Waals surface area contributed by atoms with Gasteiger partial charge in [0, 0.05) is 17.1 Å². The van der Waals surface area contributed by atoms with Gasteiger partial charge >= 0.3 is 0 Å². The Morgan fingerprint density at radius 1 is 1.31 bits per heavy atom. The van der Waals surface area contributed by atoms with Crippen molar-refractivity contribution in [2.45, 2.75) is 13.8 Å². The lowest BCUT2D eigenvalue weighted by Gasteiger charge is -2.06. The zero-order chi connectivity index (χ0) is 11.7. The summed E-state index contributed by atoms with van der Waals surface area (Å²) in [5.74, 6) is 0. The van der Waals surface area contributed by atoms with Gasteiger partial charge in [-0.2, -0.15) is 5.10 Å². The highest BCUT2D eigenvalue weighted by molar-refractivity contribution is 9.10. The lowest BCUT2D eigenvalue weighted by molar-refractivity contribution is 1.05. The first-order valence-corrected chi connectivity index (χ1v) is 5.92. The summed E-state index contributed by atoms with van der Waals surface area (Å²) in [5, 5.41) is 10.5. The summed E-state index contributed by atoms with van der Waals surface area (Å²) < 4.78 is 1.07. The van der Waals surface area contributed by atoms with Crippen LogP contribution in [0.5, 0.6) is 0 Å². The number of nitrogens with one attached hydrogen (secondary N) is 2. The maximum Gasteiger partial charge on any atom is 0.116 e. The molecular weight excluding hydrogens is 266 g/mol. The van der Waals surface area contributed by atoms with Gasteiger partial charge in [0.25, 0.3) is 0 Å². The van der Waals surface area contributed by atoms with Crippen LogP contribution in [-0.2, 0) is 0 Å². The minimum absolute atomic E-state index is 0.971. The van der Waals surface area contributed by atoms with Crippen LogP contribution in [0.25, 0.3) is 11.3 Å². The number of hydrogen-bond donors (Lipinski definition) is 2. The van der Waals surface area contributed by atoms with Crippen molar-refractivity contribution in [3.63, 3.8) is 0 Å². The Labute approximate surface area is 103 Å². The number of aromatic amines is 1. The molecule has 1 heterocycles. The summed E-state index contributed by atoms with van der Waals surface area (Å²) >= 11 is 3.49. The smallest absolute Gasteiger partial charge is 0.116 e. The van der Waals surface area contributed by atoms with Gasteiger partial charge in [0.05, 0.1) is 11.4 Å². The zero-order valence-electron chi connectivity index (χ0n) is 9.56. The number of anilines is 1. The minimum Gasteiger partial charge on any atom is -0.385 e. The van der Waals surface area contributed by atoms with E-state index >= 15 is 0 Å². The second kappa shape index (κ2) is 4.29. The predicted octanol–water partition coefficient (Wildman–Crippen LogP) is 3.50. The van der Waals surface area contributed by atoms with E-state index in [2.05, 4.69) is 50.5 Å². The summed E-state index contributed by atoms with van der Waals surface area (Å²) in [7, 11) is 1.91. The Balaban J connectivity index is 2.62. The number of nitrogens with zero attached hydrogens (tertiary/aromatic N) is 1. The van der Waals surface area contributed by atoms with Crippen molar-refractivity contribution in [3.8, 4) is 11.3 Å². The Hall–Kier alpha value is -1.29. The molecule has 2 N–H and O–H groups in total. The zero-order valence-corrected chi connectivity index (χ0v) is 11.1. The van der Waals surface area contributed by atoms with Gasteiger partial charge in [-0.1, -0.05) is 22.0 Å². The fourth-order valence-electron chi connectivity index (χ4n) is 1.78. The normalized spacial score (nSPS) is 10.5. The molecule has 0 atom stereocenters. The van der Waals surface area contributed by atoms with Crippen LogP contribution < -0.4 is 5.32 Å². The van der Waals surface area contributed by atoms with Gasteiger partial charge in [-0.3, -0.25) is 5.10 Å². The molecule has 4 heteroatoms. The lowest BCUT2D eigenvalue weighted by atomic mass is 10.0. The number of halogens is 1. The Morgan fingerprint density at radius 3 is 2.75 bits per heavy atom. The summed E-state index contributed by atoms with van der Waals surface area (Å²) in [4.78, 5) is 0. The maximum atomic E-state index is 4.35. The maximum absolute atomic E-state index is 4.35. The summed E-state index contributed by atoms with van der Waals surface area (Å²) in [6.45, 7) is 4.10. The summed E-state index contributed by atoms with van der Waals surface area (Å²) in [5.41, 5.74) is 5.44. The number of hydrogen-bond acceptors (Lipinski definition) is 2. The molecule has 0 saturated heterocycles. The molecule has 1 aromatic carbocycles. The molecule has 0 fully saturated rings. The van der Waals surface area contributed by atoms with Crippen molar-refractivity contribution in [1.29, 1.82) is 0 Å². The van der Waals surface area contributed by atoms with E-state index in [-0.39, 0.29) is 0 Å². The molecule has 0 radical (unpaired) electrons. The molecule has 1 aromatic heterocycles. The fourth-order valence-corrected chi connectivity index (χ4v) is 2.14. The Bertz CT molecular complexity index is 517. The average molecular weight is 280 g/mol. The van der Waals surface area contributed by atoms with E-state index in [1.807, 2.05) is 20.0 Å². The SMILES string of the molecule is CNc1c(-c2cc(Br)ccc2C)n[nH]c1C. The quantitative estimate of drug-likeness (QED) is 0.884. The fraction of sp³-hybridized carbons (Fsp3) is 0.250. The van der Waals surface area contributed by atoms with E-state index < -0.39 is 0 Å². The second-order valence-corrected chi connectivity index (χ2v) is 4.70. The van der Waals surface area contributed by atoms with Crippen LogP contribution in [0.4, 0.5) is 5.69 Å². The van der Waals surface area contributed by atoms with Gasteiger partial charge in [0.2, 0.25) is 0 Å². The number of aryl methyl sites for hydroxylation is 2. The molecule has 0 unspecified atom stereocenters. The van der Waals surface area contributed by atoms with E-state index in [1.54, 1.807) is 0 Å². The highest BCUT2D eigenvalue weighted by Gasteiger charge is 2.12. The summed E-state index contributed by atoms with van der Waals surface area (Å²) in [6, 6.07) is 6.21. The van der Waals surface area contributed by atoms with Crippen molar-refractivity contribution in [2.75, 3.05) is 12.4 Å². The highest BCUT2D eigenvalue weighted by Crippen LogP contribution is 2.32. The van der Waals surface area contributed by atoms with Gasteiger partial charge in [-0.05, 0) is 31.5 Å². The highest BCUT2D eigenvalue weighted by atomic mass is 79.9. The van der Waals surface area contributed by atoms with Crippen LogP contribution in [0, 0.1) is 13.8 Å². The van der Waals surface area contributed by atoms with E-state index in [0.29, 0.717) is 0 Å². The molecule has 84 valence electrons. The lowest BCUT2D eigenvalue weighted by Crippen LogP contribution is -1.92. The van der Waals surface area contributed by atoms with Crippen LogP contribution in [-0.4, -0.2) is 17.2 Å². The minimum atomic E-state index is 0.971. The van der Waals surface area contributed by atoms with E-state index in [9.17, 15) is 0 Å². The van der Waals surface area contributed by atoms with Crippen molar-refractivity contribution >= 4 is 21.6 Å². The van der Waals surface area contributed by atoms with Crippen molar-refractivity contribution in [3.05, 3.63) is 33.9 Å². The number of H-pyrrole nitrogens is 1. The molecule has 0 spiro atoms. The van der Waals surface area contributed by atoms with Crippen molar-refractivity contribution < 1.29 is 0 Å². The molecule has 3 nitrogen and oxygen atoms in total. The molecule has 0 aliphatic heterocycles. The summed E-state index contributed by atoms with van der Waals surface area (Å²) in [6.07, 6.45) is 0. The van der Waals surface area contributed by atoms with E-state index in [4.69, 9.17) is 0 Å². The van der Waals surface area contributed by atoms with Gasteiger partial charge in [0.15, 0.2) is 0 Å². The van der Waals surface area contributed by atoms with E-state index in [0.717, 1.165) is 27.1 Å². The van der Waals surface area contributed by atoms with Gasteiger partial charge in [-0.25, -0.2) is 0 Å². The van der Waals surface area contributed by atoms with Crippen LogP contribution in [0.1, 0.15) is 11.3 Å². The molecule has 2 rings (SSSR count). The first-order valence-electron chi connectivity index (χ1n) is 5.12. The molecular formula is C12H14BrN3. The van der Waals surface area contributed by atoms with Crippen molar-refractivity contribution in [2.24, 2.45) is 0 Å². The number of benzene rings is 1. The van der Waals surface area contributed by atoms with Crippen LogP contribution in [0.2, 0.25) is 0 Å². The van der Waals surface area contributed by atoms with Crippen LogP contribution in [0.15, 0.2) is 22.7 Å². The Kier molecular flexibility index (Phi) is 3.01. The molecule has 0 aliphatic carbocycles. The van der Waals surface area contributed by atoms with Crippen LogP contribution >= 0.6 is 15.9 Å². The number of aromatic nitrogens is 2. The third-order valence-electron chi connectivity index (χ3n) is 2.65. The third kappa shape index (κ3) is 1.85. The molecule has 2 aromatic rings. The average Bonchev–Trinajstić information content (AvgIpc) is 2.63. The largest absolute Gasteiger partial charge is 0.385 e. The molecule has 0 bridgehead atoms. The first kappa shape index (κ1) is 11.2. The molecule has 0 amide bonds. The van der Waals surface area contributed by atoms with Gasteiger partial charge in [0.1, 0.15) is 5.69 Å². The monoisotopic (exact) mass is 279 g/mol. The van der Waals surface area contributed by atoms with Crippen LogP contribution in [0.3, 0.4) is 0 Å². The van der Waals surface area contributed by atoms with Crippen molar-refractivity contribution in [1.82, 2.24) is 10.2 Å². The van der Waals surface area contributed by atoms with Gasteiger partial charge < -0.3 is 5.32 Å². The standard InChI is InChI=1S/C12H14BrN3/c1-7-4-5-9(13)6-10(7)12-11(14-3)8(2)15-16-12/h4-6,14H,1-3H3,(H,15,16). The Morgan fingerprint density at radius 2 is 2.06 bits per heavy atom. The first-order chi connectivity index (χ1) is 7.63. The topological polar surface area (TPSA) is 40.7 Å². The predicted molar refractivity (Wildman–Crippen MR) is 70.7 cm³/mol.